The van der Waals surface area contributed by atoms with Crippen molar-refractivity contribution in [2.24, 2.45) is 5.84 Å². The molecule has 2 rings (SSSR count). The molecular weight excluding hydrogens is 224 g/mol. The third kappa shape index (κ3) is 3.05. The van der Waals surface area contributed by atoms with Crippen molar-refractivity contribution in [3.8, 4) is 0 Å². The molecule has 0 saturated heterocycles. The topological polar surface area (TPSA) is 63.8 Å². The van der Waals surface area contributed by atoms with Crippen LogP contribution in [-0.2, 0) is 6.42 Å². The summed E-state index contributed by atoms with van der Waals surface area (Å²) in [4.78, 5) is 8.95. The summed E-state index contributed by atoms with van der Waals surface area (Å²) >= 11 is 0. The zero-order chi connectivity index (χ0) is 13.0. The maximum atomic E-state index is 5.44. The average Bonchev–Trinajstić information content (AvgIpc) is 2.39. The molecule has 18 heavy (non-hydrogen) atoms. The summed E-state index contributed by atoms with van der Waals surface area (Å²) < 4.78 is 0. The maximum Gasteiger partial charge on any atom is 0.143 e. The minimum Gasteiger partial charge on any atom is -0.308 e. The standard InChI is InChI=1S/C14H18N4/c1-10(2)12-9-14(18-15)17-13(16-12)8-11-6-4-3-5-7-11/h3-7,9-10H,8,15H2,1-2H3,(H,16,17,18). The maximum absolute atomic E-state index is 5.44. The second-order valence-electron chi connectivity index (χ2n) is 4.56. The van der Waals surface area contributed by atoms with E-state index in [4.69, 9.17) is 5.84 Å². The molecule has 0 atom stereocenters. The molecular formula is C14H18N4. The zero-order valence-corrected chi connectivity index (χ0v) is 10.7. The Kier molecular flexibility index (Phi) is 3.89. The lowest BCUT2D eigenvalue weighted by Gasteiger charge is -2.10. The molecule has 94 valence electrons. The molecule has 3 N–H and O–H groups in total. The molecule has 0 spiro atoms. The highest BCUT2D eigenvalue weighted by atomic mass is 15.3. The second-order valence-corrected chi connectivity index (χ2v) is 4.56. The quantitative estimate of drug-likeness (QED) is 0.638. The van der Waals surface area contributed by atoms with Crippen LogP contribution in [0.25, 0.3) is 0 Å². The number of nitrogen functional groups attached to an aromatic ring is 1. The van der Waals surface area contributed by atoms with Gasteiger partial charge in [0.05, 0.1) is 0 Å². The van der Waals surface area contributed by atoms with E-state index in [2.05, 4.69) is 41.4 Å². The van der Waals surface area contributed by atoms with Crippen molar-refractivity contribution in [3.63, 3.8) is 0 Å². The smallest absolute Gasteiger partial charge is 0.143 e. The lowest BCUT2D eigenvalue weighted by molar-refractivity contribution is 0.792. The Hall–Kier alpha value is -1.94. The van der Waals surface area contributed by atoms with Crippen molar-refractivity contribution in [2.45, 2.75) is 26.2 Å². The number of nitrogens with two attached hydrogens (primary N) is 1. The Balaban J connectivity index is 2.30. The zero-order valence-electron chi connectivity index (χ0n) is 10.7. The van der Waals surface area contributed by atoms with Gasteiger partial charge in [0.15, 0.2) is 0 Å². The summed E-state index contributed by atoms with van der Waals surface area (Å²) in [6.07, 6.45) is 0.718. The fourth-order valence-electron chi connectivity index (χ4n) is 1.74. The van der Waals surface area contributed by atoms with Crippen LogP contribution in [-0.4, -0.2) is 9.97 Å². The Labute approximate surface area is 107 Å². The molecule has 0 fully saturated rings. The average molecular weight is 242 g/mol. The first-order chi connectivity index (χ1) is 8.69. The highest BCUT2D eigenvalue weighted by Gasteiger charge is 2.07. The lowest BCUT2D eigenvalue weighted by Crippen LogP contribution is -2.12. The number of hydrogen-bond acceptors (Lipinski definition) is 4. The third-order valence-electron chi connectivity index (χ3n) is 2.74. The number of nitrogens with zero attached hydrogens (tertiary/aromatic N) is 2. The molecule has 0 aliphatic carbocycles. The summed E-state index contributed by atoms with van der Waals surface area (Å²) in [7, 11) is 0. The van der Waals surface area contributed by atoms with Crippen LogP contribution < -0.4 is 11.3 Å². The first-order valence-corrected chi connectivity index (χ1v) is 6.07. The van der Waals surface area contributed by atoms with Gasteiger partial charge in [-0.1, -0.05) is 44.2 Å². The molecule has 1 heterocycles. The van der Waals surface area contributed by atoms with E-state index in [1.54, 1.807) is 0 Å². The number of anilines is 1. The largest absolute Gasteiger partial charge is 0.308 e. The van der Waals surface area contributed by atoms with Crippen molar-refractivity contribution in [2.75, 3.05) is 5.43 Å². The van der Waals surface area contributed by atoms with Gasteiger partial charge in [-0.2, -0.15) is 0 Å². The highest BCUT2D eigenvalue weighted by molar-refractivity contribution is 5.36. The van der Waals surface area contributed by atoms with E-state index in [9.17, 15) is 0 Å². The summed E-state index contributed by atoms with van der Waals surface area (Å²) in [6.45, 7) is 4.21. The number of benzene rings is 1. The summed E-state index contributed by atoms with van der Waals surface area (Å²) in [5, 5.41) is 0. The normalized spacial score (nSPS) is 10.7. The van der Waals surface area contributed by atoms with Gasteiger partial charge in [0.25, 0.3) is 0 Å². The Morgan fingerprint density at radius 2 is 1.89 bits per heavy atom. The minimum atomic E-state index is 0.356. The monoisotopic (exact) mass is 242 g/mol. The van der Waals surface area contributed by atoms with E-state index in [0.717, 1.165) is 17.9 Å². The van der Waals surface area contributed by atoms with Crippen LogP contribution in [0, 0.1) is 0 Å². The molecule has 1 aromatic heterocycles. The fourth-order valence-corrected chi connectivity index (χ4v) is 1.74. The van der Waals surface area contributed by atoms with Gasteiger partial charge in [-0.05, 0) is 11.5 Å². The van der Waals surface area contributed by atoms with Gasteiger partial charge in [-0.25, -0.2) is 15.8 Å². The van der Waals surface area contributed by atoms with Crippen molar-refractivity contribution in [1.29, 1.82) is 0 Å². The Morgan fingerprint density at radius 1 is 1.17 bits per heavy atom. The van der Waals surface area contributed by atoms with E-state index >= 15 is 0 Å². The van der Waals surface area contributed by atoms with Gasteiger partial charge in [0.2, 0.25) is 0 Å². The highest BCUT2D eigenvalue weighted by Crippen LogP contribution is 2.16. The third-order valence-corrected chi connectivity index (χ3v) is 2.74. The van der Waals surface area contributed by atoms with Crippen molar-refractivity contribution < 1.29 is 0 Å². The lowest BCUT2D eigenvalue weighted by atomic mass is 10.1. The van der Waals surface area contributed by atoms with Gasteiger partial charge in [-0.15, -0.1) is 0 Å². The Bertz CT molecular complexity index is 508. The summed E-state index contributed by atoms with van der Waals surface area (Å²) in [5.74, 6) is 7.26. The molecule has 4 nitrogen and oxygen atoms in total. The number of nitrogens with one attached hydrogen (secondary N) is 1. The molecule has 0 bridgehead atoms. The van der Waals surface area contributed by atoms with E-state index in [-0.39, 0.29) is 0 Å². The molecule has 2 aromatic rings. The summed E-state index contributed by atoms with van der Waals surface area (Å²) in [6, 6.07) is 12.1. The van der Waals surface area contributed by atoms with Crippen LogP contribution in [0.1, 0.15) is 36.8 Å². The van der Waals surface area contributed by atoms with E-state index in [0.29, 0.717) is 11.7 Å². The molecule has 0 saturated carbocycles. The summed E-state index contributed by atoms with van der Waals surface area (Å²) in [5.41, 5.74) is 4.80. The van der Waals surface area contributed by atoms with Crippen LogP contribution in [0.15, 0.2) is 36.4 Å². The van der Waals surface area contributed by atoms with E-state index in [1.807, 2.05) is 24.3 Å². The first kappa shape index (κ1) is 12.5. The van der Waals surface area contributed by atoms with Crippen LogP contribution in [0.4, 0.5) is 5.82 Å². The van der Waals surface area contributed by atoms with Crippen molar-refractivity contribution in [3.05, 3.63) is 53.5 Å². The first-order valence-electron chi connectivity index (χ1n) is 6.07. The van der Waals surface area contributed by atoms with Gasteiger partial charge >= 0.3 is 0 Å². The molecule has 0 aliphatic rings. The minimum absolute atomic E-state index is 0.356. The second kappa shape index (κ2) is 5.60. The number of aromatic nitrogens is 2. The fraction of sp³-hybridized carbons (Fsp3) is 0.286. The van der Waals surface area contributed by atoms with Gasteiger partial charge in [0, 0.05) is 18.2 Å². The Morgan fingerprint density at radius 3 is 2.50 bits per heavy atom. The van der Waals surface area contributed by atoms with Crippen molar-refractivity contribution >= 4 is 5.82 Å². The van der Waals surface area contributed by atoms with Crippen molar-refractivity contribution in [1.82, 2.24) is 9.97 Å². The number of hydrazine groups is 1. The van der Waals surface area contributed by atoms with Crippen LogP contribution in [0.5, 0.6) is 0 Å². The van der Waals surface area contributed by atoms with E-state index < -0.39 is 0 Å². The van der Waals surface area contributed by atoms with Gasteiger partial charge in [0.1, 0.15) is 11.6 Å². The predicted molar refractivity (Wildman–Crippen MR) is 73.2 cm³/mol. The number of hydrogen-bond donors (Lipinski definition) is 2. The number of rotatable bonds is 4. The molecule has 1 aromatic carbocycles. The van der Waals surface area contributed by atoms with E-state index in [1.165, 1.54) is 5.56 Å². The van der Waals surface area contributed by atoms with Gasteiger partial charge in [-0.3, -0.25) is 0 Å². The molecule has 0 unspecified atom stereocenters. The van der Waals surface area contributed by atoms with Crippen LogP contribution in [0.2, 0.25) is 0 Å². The molecule has 4 heteroatoms. The predicted octanol–water partition coefficient (Wildman–Crippen LogP) is 2.48. The molecule has 0 aliphatic heterocycles. The van der Waals surface area contributed by atoms with Gasteiger partial charge < -0.3 is 5.43 Å². The molecule has 0 radical (unpaired) electrons. The molecule has 0 amide bonds. The SMILES string of the molecule is CC(C)c1cc(NN)nc(Cc2ccccc2)n1. The van der Waals surface area contributed by atoms with Crippen LogP contribution >= 0.6 is 0 Å². The van der Waals surface area contributed by atoms with Crippen LogP contribution in [0.3, 0.4) is 0 Å².